The van der Waals surface area contributed by atoms with Crippen molar-refractivity contribution in [2.45, 2.75) is 11.4 Å². The molecule has 1 N–H and O–H groups in total. The van der Waals surface area contributed by atoms with Crippen molar-refractivity contribution in [3.63, 3.8) is 0 Å². The molecular weight excluding hydrogens is 353 g/mol. The number of sulfonamides is 1. The Morgan fingerprint density at radius 1 is 1.12 bits per heavy atom. The first-order chi connectivity index (χ1) is 11.4. The fourth-order valence-electron chi connectivity index (χ4n) is 2.13. The number of hydrogen-bond acceptors (Lipinski definition) is 3. The van der Waals surface area contributed by atoms with Crippen LogP contribution in [0.5, 0.6) is 0 Å². The van der Waals surface area contributed by atoms with Gasteiger partial charge in [-0.1, -0.05) is 29.8 Å². The van der Waals surface area contributed by atoms with Crippen molar-refractivity contribution >= 4 is 27.3 Å². The smallest absolute Gasteiger partial charge is 0.261 e. The molecule has 0 aliphatic heterocycles. The molecule has 1 heterocycles. The molecule has 0 atom stereocenters. The molecule has 0 unspecified atom stereocenters. The highest BCUT2D eigenvalue weighted by molar-refractivity contribution is 7.92. The van der Waals surface area contributed by atoms with E-state index in [0.717, 1.165) is 17.7 Å². The van der Waals surface area contributed by atoms with Gasteiger partial charge in [-0.05, 0) is 35.9 Å². The zero-order valence-corrected chi connectivity index (χ0v) is 13.9. The van der Waals surface area contributed by atoms with E-state index in [1.54, 1.807) is 16.9 Å². The van der Waals surface area contributed by atoms with Crippen molar-refractivity contribution in [1.82, 2.24) is 9.78 Å². The molecule has 0 radical (unpaired) electrons. The van der Waals surface area contributed by atoms with E-state index in [1.807, 2.05) is 18.2 Å². The van der Waals surface area contributed by atoms with E-state index >= 15 is 0 Å². The average Bonchev–Trinajstić information content (AvgIpc) is 2.96. The predicted molar refractivity (Wildman–Crippen MR) is 90.0 cm³/mol. The SMILES string of the molecule is O=S(=O)(Nc1cnn(Cc2ccccc2Cl)c1)c1ccc(F)cc1. The molecule has 0 saturated heterocycles. The van der Waals surface area contributed by atoms with Gasteiger partial charge >= 0.3 is 0 Å². The first kappa shape index (κ1) is 16.5. The topological polar surface area (TPSA) is 64.0 Å². The minimum Gasteiger partial charge on any atom is -0.276 e. The van der Waals surface area contributed by atoms with Crippen molar-refractivity contribution in [1.29, 1.82) is 0 Å². The van der Waals surface area contributed by atoms with Crippen LogP contribution in [-0.2, 0) is 16.6 Å². The highest BCUT2D eigenvalue weighted by Gasteiger charge is 2.15. The number of benzene rings is 2. The fraction of sp³-hybridized carbons (Fsp3) is 0.0625. The Hall–Kier alpha value is -2.38. The number of hydrogen-bond donors (Lipinski definition) is 1. The number of anilines is 1. The standard InChI is InChI=1S/C16H13ClFN3O2S/c17-16-4-2-1-3-12(16)10-21-11-14(9-19-21)20-24(22,23)15-7-5-13(18)6-8-15/h1-9,11,20H,10H2. The summed E-state index contributed by atoms with van der Waals surface area (Å²) in [5, 5.41) is 4.73. The van der Waals surface area contributed by atoms with Crippen molar-refractivity contribution < 1.29 is 12.8 Å². The number of nitrogens with zero attached hydrogens (tertiary/aromatic N) is 2. The molecule has 2 aromatic carbocycles. The third kappa shape index (κ3) is 3.74. The van der Waals surface area contributed by atoms with E-state index in [2.05, 4.69) is 9.82 Å². The summed E-state index contributed by atoms with van der Waals surface area (Å²) in [5.74, 6) is -0.499. The van der Waals surface area contributed by atoms with Crippen LogP contribution in [0.15, 0.2) is 65.8 Å². The van der Waals surface area contributed by atoms with E-state index in [-0.39, 0.29) is 4.90 Å². The Labute approximate surface area is 143 Å². The maximum Gasteiger partial charge on any atom is 0.261 e. The normalized spacial score (nSPS) is 11.4. The predicted octanol–water partition coefficient (Wildman–Crippen LogP) is 3.52. The lowest BCUT2D eigenvalue weighted by Gasteiger charge is -2.06. The maximum absolute atomic E-state index is 12.9. The highest BCUT2D eigenvalue weighted by Crippen LogP contribution is 2.19. The molecule has 3 aromatic rings. The molecule has 0 fully saturated rings. The van der Waals surface area contributed by atoms with Crippen LogP contribution in [0.4, 0.5) is 10.1 Å². The Morgan fingerprint density at radius 2 is 1.83 bits per heavy atom. The second-order valence-corrected chi connectivity index (χ2v) is 7.17. The van der Waals surface area contributed by atoms with Gasteiger partial charge in [0.15, 0.2) is 0 Å². The number of halogens is 2. The monoisotopic (exact) mass is 365 g/mol. The van der Waals surface area contributed by atoms with Gasteiger partial charge in [-0.15, -0.1) is 0 Å². The second-order valence-electron chi connectivity index (χ2n) is 5.08. The van der Waals surface area contributed by atoms with Gasteiger partial charge in [-0.3, -0.25) is 9.40 Å². The van der Waals surface area contributed by atoms with Gasteiger partial charge in [0.1, 0.15) is 5.82 Å². The molecule has 24 heavy (non-hydrogen) atoms. The lowest BCUT2D eigenvalue weighted by Crippen LogP contribution is -2.12. The van der Waals surface area contributed by atoms with Crippen LogP contribution < -0.4 is 4.72 Å². The van der Waals surface area contributed by atoms with Crippen LogP contribution >= 0.6 is 11.6 Å². The number of aromatic nitrogens is 2. The maximum atomic E-state index is 12.9. The second kappa shape index (κ2) is 6.62. The van der Waals surface area contributed by atoms with Crippen LogP contribution in [0.1, 0.15) is 5.56 Å². The molecule has 0 aliphatic carbocycles. The highest BCUT2D eigenvalue weighted by atomic mass is 35.5. The van der Waals surface area contributed by atoms with Gasteiger partial charge in [0.05, 0.1) is 23.3 Å². The van der Waals surface area contributed by atoms with Gasteiger partial charge in [0.2, 0.25) is 0 Å². The zero-order valence-electron chi connectivity index (χ0n) is 12.4. The summed E-state index contributed by atoms with van der Waals surface area (Å²) in [6.45, 7) is 0.415. The lowest BCUT2D eigenvalue weighted by molar-refractivity contribution is 0.599. The van der Waals surface area contributed by atoms with Gasteiger partial charge < -0.3 is 0 Å². The Kier molecular flexibility index (Phi) is 4.55. The lowest BCUT2D eigenvalue weighted by atomic mass is 10.2. The number of rotatable bonds is 5. The summed E-state index contributed by atoms with van der Waals surface area (Å²) >= 11 is 6.10. The third-order valence-corrected chi connectivity index (χ3v) is 5.07. The molecule has 0 saturated carbocycles. The molecule has 8 heteroatoms. The molecule has 3 rings (SSSR count). The van der Waals surface area contributed by atoms with Gasteiger partial charge in [-0.2, -0.15) is 5.10 Å². The molecular formula is C16H13ClFN3O2S. The summed E-state index contributed by atoms with van der Waals surface area (Å²) in [7, 11) is -3.79. The summed E-state index contributed by atoms with van der Waals surface area (Å²) in [4.78, 5) is -0.0252. The average molecular weight is 366 g/mol. The van der Waals surface area contributed by atoms with Crippen molar-refractivity contribution in [2.24, 2.45) is 0 Å². The zero-order chi connectivity index (χ0) is 17.2. The summed E-state index contributed by atoms with van der Waals surface area (Å²) in [6, 6.07) is 11.9. The Bertz CT molecular complexity index is 955. The summed E-state index contributed by atoms with van der Waals surface area (Å²) in [6.07, 6.45) is 2.96. The Balaban J connectivity index is 1.76. The van der Waals surface area contributed by atoms with Crippen molar-refractivity contribution in [2.75, 3.05) is 4.72 Å². The fourth-order valence-corrected chi connectivity index (χ4v) is 3.36. The van der Waals surface area contributed by atoms with E-state index in [1.165, 1.54) is 18.3 Å². The Morgan fingerprint density at radius 3 is 2.54 bits per heavy atom. The van der Waals surface area contributed by atoms with Crippen molar-refractivity contribution in [3.8, 4) is 0 Å². The molecule has 0 aliphatic rings. The van der Waals surface area contributed by atoms with E-state index in [4.69, 9.17) is 11.6 Å². The van der Waals surface area contributed by atoms with Crippen LogP contribution in [-0.4, -0.2) is 18.2 Å². The minimum absolute atomic E-state index is 0.0252. The van der Waals surface area contributed by atoms with Crippen LogP contribution in [0, 0.1) is 5.82 Å². The van der Waals surface area contributed by atoms with Crippen LogP contribution in [0.25, 0.3) is 0 Å². The third-order valence-electron chi connectivity index (χ3n) is 3.30. The molecule has 124 valence electrons. The van der Waals surface area contributed by atoms with Gasteiger partial charge in [0, 0.05) is 11.2 Å². The summed E-state index contributed by atoms with van der Waals surface area (Å²) in [5.41, 5.74) is 1.18. The molecule has 0 bridgehead atoms. The first-order valence-corrected chi connectivity index (χ1v) is 8.84. The van der Waals surface area contributed by atoms with E-state index < -0.39 is 15.8 Å². The quantitative estimate of drug-likeness (QED) is 0.752. The number of nitrogens with one attached hydrogen (secondary N) is 1. The first-order valence-electron chi connectivity index (χ1n) is 6.98. The van der Waals surface area contributed by atoms with Gasteiger partial charge in [0.25, 0.3) is 10.0 Å². The molecule has 1 aromatic heterocycles. The molecule has 0 spiro atoms. The minimum atomic E-state index is -3.79. The van der Waals surface area contributed by atoms with Crippen LogP contribution in [0.2, 0.25) is 5.02 Å². The molecule has 5 nitrogen and oxygen atoms in total. The van der Waals surface area contributed by atoms with E-state index in [9.17, 15) is 12.8 Å². The van der Waals surface area contributed by atoms with Gasteiger partial charge in [-0.25, -0.2) is 12.8 Å². The van der Waals surface area contributed by atoms with E-state index in [0.29, 0.717) is 17.3 Å². The van der Waals surface area contributed by atoms with Crippen LogP contribution in [0.3, 0.4) is 0 Å². The molecule has 0 amide bonds. The largest absolute Gasteiger partial charge is 0.276 e. The summed E-state index contributed by atoms with van der Waals surface area (Å²) < 4.78 is 41.4. The van der Waals surface area contributed by atoms with Crippen molar-refractivity contribution in [3.05, 3.63) is 77.3 Å².